The fraction of sp³-hybridized carbons (Fsp3) is 0.474. The van der Waals surface area contributed by atoms with Crippen molar-refractivity contribution in [3.8, 4) is 0 Å². The van der Waals surface area contributed by atoms with Crippen LogP contribution in [0.4, 0.5) is 0 Å². The molecule has 112 valence electrons. The molecule has 1 heteroatoms. The van der Waals surface area contributed by atoms with Crippen LogP contribution in [-0.2, 0) is 0 Å². The second kappa shape index (κ2) is 10.8. The molecule has 0 aliphatic heterocycles. The molecule has 0 amide bonds. The molecular weight excluding hydrogens is 260 g/mol. The average molecular weight is 291 g/mol. The Kier molecular flexibility index (Phi) is 10.3. The van der Waals surface area contributed by atoms with E-state index in [0.29, 0.717) is 5.92 Å². The zero-order valence-electron chi connectivity index (χ0n) is 13.9. The van der Waals surface area contributed by atoms with Gasteiger partial charge in [-0.2, -0.15) is 0 Å². The van der Waals surface area contributed by atoms with Crippen molar-refractivity contribution in [2.45, 2.75) is 54.4 Å². The van der Waals surface area contributed by atoms with Crippen LogP contribution in [-0.4, -0.2) is 0 Å². The lowest BCUT2D eigenvalue weighted by molar-refractivity contribution is 0.805. The maximum atomic E-state index is 4.68. The highest BCUT2D eigenvalue weighted by atomic mass is 32.1. The number of allylic oxidation sites excluding steroid dienone is 9. The predicted molar refractivity (Wildman–Crippen MR) is 97.2 cm³/mol. The minimum atomic E-state index is 0.481. The van der Waals surface area contributed by atoms with Gasteiger partial charge in [-0.25, -0.2) is 0 Å². The quantitative estimate of drug-likeness (QED) is 0.303. The summed E-state index contributed by atoms with van der Waals surface area (Å²) >= 11 is 4.68. The third-order valence-corrected chi connectivity index (χ3v) is 3.95. The van der Waals surface area contributed by atoms with Crippen molar-refractivity contribution in [3.05, 3.63) is 58.1 Å². The van der Waals surface area contributed by atoms with E-state index in [1.54, 1.807) is 0 Å². The number of thiol groups is 1. The minimum Gasteiger partial charge on any atom is -0.143 e. The number of hydrogen-bond donors (Lipinski definition) is 1. The van der Waals surface area contributed by atoms with Gasteiger partial charge in [0.15, 0.2) is 0 Å². The van der Waals surface area contributed by atoms with Crippen molar-refractivity contribution in [1.29, 1.82) is 0 Å². The molecule has 0 spiro atoms. The van der Waals surface area contributed by atoms with Crippen molar-refractivity contribution in [1.82, 2.24) is 0 Å². The van der Waals surface area contributed by atoms with Gasteiger partial charge in [0, 0.05) is 4.91 Å². The van der Waals surface area contributed by atoms with Gasteiger partial charge >= 0.3 is 0 Å². The monoisotopic (exact) mass is 290 g/mol. The predicted octanol–water partition coefficient (Wildman–Crippen LogP) is 6.65. The molecule has 0 aliphatic rings. The van der Waals surface area contributed by atoms with Crippen molar-refractivity contribution < 1.29 is 0 Å². The van der Waals surface area contributed by atoms with Crippen molar-refractivity contribution in [2.24, 2.45) is 5.92 Å². The van der Waals surface area contributed by atoms with Gasteiger partial charge in [0.2, 0.25) is 0 Å². The second-order valence-corrected chi connectivity index (χ2v) is 5.57. The van der Waals surface area contributed by atoms with Gasteiger partial charge in [-0.3, -0.25) is 0 Å². The van der Waals surface area contributed by atoms with E-state index in [1.165, 1.54) is 16.7 Å². The third kappa shape index (κ3) is 7.00. The SMILES string of the molecule is C\C=C/C=C(C)/C(C)=C(S)/C=C(\CC)C(C)/C=C\CC. The first-order valence-corrected chi connectivity index (χ1v) is 7.99. The zero-order valence-corrected chi connectivity index (χ0v) is 14.8. The van der Waals surface area contributed by atoms with E-state index in [1.807, 2.05) is 13.0 Å². The van der Waals surface area contributed by atoms with E-state index in [9.17, 15) is 0 Å². The van der Waals surface area contributed by atoms with E-state index < -0.39 is 0 Å². The minimum absolute atomic E-state index is 0.481. The Labute approximate surface area is 131 Å². The largest absolute Gasteiger partial charge is 0.143 e. The molecule has 0 heterocycles. The summed E-state index contributed by atoms with van der Waals surface area (Å²) in [7, 11) is 0. The lowest BCUT2D eigenvalue weighted by Gasteiger charge is -2.12. The van der Waals surface area contributed by atoms with Crippen LogP contribution in [0.3, 0.4) is 0 Å². The summed E-state index contributed by atoms with van der Waals surface area (Å²) in [4.78, 5) is 1.07. The molecule has 0 aromatic carbocycles. The molecule has 1 unspecified atom stereocenters. The van der Waals surface area contributed by atoms with Crippen LogP contribution < -0.4 is 0 Å². The van der Waals surface area contributed by atoms with Gasteiger partial charge in [-0.1, -0.05) is 56.7 Å². The Morgan fingerprint density at radius 2 is 1.85 bits per heavy atom. The molecule has 0 fully saturated rings. The molecular formula is C19H30S. The fourth-order valence-corrected chi connectivity index (χ4v) is 2.21. The Balaban J connectivity index is 5.28. The van der Waals surface area contributed by atoms with Crippen LogP contribution in [0.2, 0.25) is 0 Å². The van der Waals surface area contributed by atoms with E-state index in [0.717, 1.165) is 17.7 Å². The molecule has 0 saturated heterocycles. The van der Waals surface area contributed by atoms with Gasteiger partial charge in [-0.15, -0.1) is 12.6 Å². The molecule has 1 atom stereocenters. The Morgan fingerprint density at radius 3 is 2.35 bits per heavy atom. The third-order valence-electron chi connectivity index (χ3n) is 3.49. The lowest BCUT2D eigenvalue weighted by Crippen LogP contribution is -1.95. The summed E-state index contributed by atoms with van der Waals surface area (Å²) in [6.45, 7) is 12.9. The molecule has 0 aliphatic carbocycles. The van der Waals surface area contributed by atoms with Crippen molar-refractivity contribution in [3.63, 3.8) is 0 Å². The highest BCUT2D eigenvalue weighted by molar-refractivity contribution is 7.84. The van der Waals surface area contributed by atoms with Crippen molar-refractivity contribution >= 4 is 12.6 Å². The van der Waals surface area contributed by atoms with Gasteiger partial charge in [0.05, 0.1) is 0 Å². The standard InChI is InChI=1S/C19H30S/c1-7-10-12-15(4)17(6)19(20)14-18(9-3)16(5)13-11-8-2/h7,10-14,16,20H,8-9H2,1-6H3/b10-7-,13-11-,15-12+,18-14+,19-17-. The van der Waals surface area contributed by atoms with Crippen LogP contribution in [0.15, 0.2) is 58.1 Å². The molecule has 0 nitrogen and oxygen atoms in total. The zero-order chi connectivity index (χ0) is 15.5. The van der Waals surface area contributed by atoms with Gasteiger partial charge in [-0.05, 0) is 56.8 Å². The van der Waals surface area contributed by atoms with Gasteiger partial charge < -0.3 is 0 Å². The smallest absolute Gasteiger partial charge is 0.00716 e. The summed E-state index contributed by atoms with van der Waals surface area (Å²) in [6, 6.07) is 0. The van der Waals surface area contributed by atoms with E-state index in [-0.39, 0.29) is 0 Å². The number of rotatable bonds is 7. The summed E-state index contributed by atoms with van der Waals surface area (Å²) < 4.78 is 0. The number of hydrogen-bond acceptors (Lipinski definition) is 1. The summed E-state index contributed by atoms with van der Waals surface area (Å²) in [5.74, 6) is 0.481. The van der Waals surface area contributed by atoms with Gasteiger partial charge in [0.25, 0.3) is 0 Å². The Bertz CT molecular complexity index is 431. The Hall–Kier alpha value is -0.950. The first-order chi connectivity index (χ1) is 9.47. The summed E-state index contributed by atoms with van der Waals surface area (Å²) in [5.41, 5.74) is 3.93. The van der Waals surface area contributed by atoms with Gasteiger partial charge in [0.1, 0.15) is 0 Å². The van der Waals surface area contributed by atoms with E-state index >= 15 is 0 Å². The molecule has 0 N–H and O–H groups in total. The van der Waals surface area contributed by atoms with Crippen LogP contribution in [0.5, 0.6) is 0 Å². The molecule has 0 aromatic rings. The molecule has 0 aromatic heterocycles. The molecule has 0 saturated carbocycles. The molecule has 0 rings (SSSR count). The van der Waals surface area contributed by atoms with Crippen LogP contribution in [0.25, 0.3) is 0 Å². The highest BCUT2D eigenvalue weighted by Gasteiger charge is 2.05. The first-order valence-electron chi connectivity index (χ1n) is 7.54. The summed E-state index contributed by atoms with van der Waals surface area (Å²) in [6.07, 6.45) is 15.1. The topological polar surface area (TPSA) is 0 Å². The second-order valence-electron chi connectivity index (χ2n) is 5.08. The normalized spacial score (nSPS) is 16.9. The molecule has 0 bridgehead atoms. The summed E-state index contributed by atoms with van der Waals surface area (Å²) in [5, 5.41) is 0. The highest BCUT2D eigenvalue weighted by Crippen LogP contribution is 2.24. The average Bonchev–Trinajstić information content (AvgIpc) is 2.46. The van der Waals surface area contributed by atoms with E-state index in [4.69, 9.17) is 0 Å². The van der Waals surface area contributed by atoms with Crippen molar-refractivity contribution in [2.75, 3.05) is 0 Å². The van der Waals surface area contributed by atoms with Crippen LogP contribution in [0.1, 0.15) is 54.4 Å². The first kappa shape index (κ1) is 19.1. The van der Waals surface area contributed by atoms with Crippen LogP contribution >= 0.6 is 12.6 Å². The molecule has 0 radical (unpaired) electrons. The fourth-order valence-electron chi connectivity index (χ4n) is 1.87. The molecule has 20 heavy (non-hydrogen) atoms. The lowest BCUT2D eigenvalue weighted by atomic mass is 9.96. The van der Waals surface area contributed by atoms with E-state index in [2.05, 4.69) is 77.6 Å². The maximum Gasteiger partial charge on any atom is 0.00716 e. The maximum absolute atomic E-state index is 4.68. The van der Waals surface area contributed by atoms with Crippen LogP contribution in [0, 0.1) is 5.92 Å². The Morgan fingerprint density at radius 1 is 1.20 bits per heavy atom.